The van der Waals surface area contributed by atoms with Gasteiger partial charge in [0.25, 0.3) is 0 Å². The second kappa shape index (κ2) is 23.7. The first kappa shape index (κ1) is 28.5. The number of carbonyl (C=O) groups excluding carboxylic acids is 1. The molecule has 0 aromatic carbocycles. The average Bonchev–Trinajstić information content (AvgIpc) is 2.70. The first-order valence-electron chi connectivity index (χ1n) is 13.4. The maximum Gasteiger partial charge on any atom is 0.306 e. The van der Waals surface area contributed by atoms with E-state index in [1.165, 1.54) is 116 Å². The van der Waals surface area contributed by atoms with E-state index in [0.29, 0.717) is 18.9 Å². The van der Waals surface area contributed by atoms with Crippen molar-refractivity contribution in [2.45, 2.75) is 156 Å². The van der Waals surface area contributed by atoms with Crippen molar-refractivity contribution in [2.75, 3.05) is 6.61 Å². The third kappa shape index (κ3) is 23.6. The van der Waals surface area contributed by atoms with E-state index >= 15 is 0 Å². The Balaban J connectivity index is 3.24. The van der Waals surface area contributed by atoms with Crippen LogP contribution in [0.15, 0.2) is 0 Å². The Hall–Kier alpha value is -0.530. The lowest BCUT2D eigenvalue weighted by atomic mass is 9.99. The predicted octanol–water partition coefficient (Wildman–Crippen LogP) is 9.40. The second-order valence-corrected chi connectivity index (χ2v) is 9.33. The minimum atomic E-state index is 0.0146. The molecule has 0 aromatic heterocycles. The molecule has 0 aliphatic heterocycles. The maximum absolute atomic E-state index is 11.9. The van der Waals surface area contributed by atoms with Crippen molar-refractivity contribution in [3.8, 4) is 0 Å². The van der Waals surface area contributed by atoms with Crippen LogP contribution in [0.2, 0.25) is 0 Å². The molecule has 0 aliphatic rings. The van der Waals surface area contributed by atoms with Gasteiger partial charge in [-0.3, -0.25) is 4.79 Å². The Morgan fingerprint density at radius 3 is 1.41 bits per heavy atom. The SMILES string of the molecule is CCCCCCCCCCCCCCCCOC(=O)C[C@H](C)CCCCCCC. The van der Waals surface area contributed by atoms with E-state index in [1.54, 1.807) is 0 Å². The molecular formula is C27H54O2. The Morgan fingerprint density at radius 1 is 0.586 bits per heavy atom. The molecule has 174 valence electrons. The number of hydrogen-bond acceptors (Lipinski definition) is 2. The van der Waals surface area contributed by atoms with Crippen LogP contribution in [0.25, 0.3) is 0 Å². The first-order chi connectivity index (χ1) is 14.2. The van der Waals surface area contributed by atoms with Crippen LogP contribution in [0.3, 0.4) is 0 Å². The molecule has 0 aromatic rings. The molecule has 29 heavy (non-hydrogen) atoms. The summed E-state index contributed by atoms with van der Waals surface area (Å²) in [5, 5.41) is 0. The fraction of sp³-hybridized carbons (Fsp3) is 0.963. The summed E-state index contributed by atoms with van der Waals surface area (Å²) in [7, 11) is 0. The molecule has 0 heterocycles. The number of ether oxygens (including phenoxy) is 1. The topological polar surface area (TPSA) is 26.3 Å². The van der Waals surface area contributed by atoms with Crippen LogP contribution in [-0.2, 0) is 9.53 Å². The van der Waals surface area contributed by atoms with Crippen molar-refractivity contribution in [1.29, 1.82) is 0 Å². The highest BCUT2D eigenvalue weighted by atomic mass is 16.5. The molecule has 0 bridgehead atoms. The summed E-state index contributed by atoms with van der Waals surface area (Å²) < 4.78 is 5.43. The molecule has 0 spiro atoms. The Morgan fingerprint density at radius 2 is 0.966 bits per heavy atom. The Kier molecular flexibility index (Phi) is 23.3. The summed E-state index contributed by atoms with van der Waals surface area (Å²) in [6.45, 7) is 7.34. The number of esters is 1. The van der Waals surface area contributed by atoms with E-state index in [9.17, 15) is 4.79 Å². The number of rotatable bonds is 23. The summed E-state index contributed by atoms with van der Waals surface area (Å²) in [6, 6.07) is 0. The molecule has 2 heteroatoms. The van der Waals surface area contributed by atoms with Crippen LogP contribution in [0, 0.1) is 5.92 Å². The van der Waals surface area contributed by atoms with Gasteiger partial charge in [0.05, 0.1) is 6.61 Å². The fourth-order valence-electron chi connectivity index (χ4n) is 4.02. The highest BCUT2D eigenvalue weighted by Crippen LogP contribution is 2.16. The van der Waals surface area contributed by atoms with Crippen LogP contribution in [-0.4, -0.2) is 12.6 Å². The fourth-order valence-corrected chi connectivity index (χ4v) is 4.02. The maximum atomic E-state index is 11.9. The lowest BCUT2D eigenvalue weighted by molar-refractivity contribution is -0.144. The Labute approximate surface area is 184 Å². The van der Waals surface area contributed by atoms with Crippen LogP contribution in [0.4, 0.5) is 0 Å². The highest BCUT2D eigenvalue weighted by Gasteiger charge is 2.10. The molecule has 0 fully saturated rings. The predicted molar refractivity (Wildman–Crippen MR) is 128 cm³/mol. The largest absolute Gasteiger partial charge is 0.466 e. The molecule has 0 saturated carbocycles. The van der Waals surface area contributed by atoms with Gasteiger partial charge >= 0.3 is 5.97 Å². The van der Waals surface area contributed by atoms with Gasteiger partial charge in [0, 0.05) is 6.42 Å². The molecule has 0 saturated heterocycles. The van der Waals surface area contributed by atoms with Crippen molar-refractivity contribution in [3.05, 3.63) is 0 Å². The second-order valence-electron chi connectivity index (χ2n) is 9.33. The molecule has 0 radical (unpaired) electrons. The molecule has 1 atom stereocenters. The summed E-state index contributed by atoms with van der Waals surface area (Å²) in [4.78, 5) is 11.9. The summed E-state index contributed by atoms with van der Waals surface area (Å²) >= 11 is 0. The third-order valence-electron chi connectivity index (χ3n) is 6.08. The van der Waals surface area contributed by atoms with Crippen LogP contribution >= 0.6 is 0 Å². The number of hydrogen-bond donors (Lipinski definition) is 0. The van der Waals surface area contributed by atoms with Crippen LogP contribution < -0.4 is 0 Å². The molecule has 0 aliphatic carbocycles. The van der Waals surface area contributed by atoms with Crippen LogP contribution in [0.1, 0.15) is 156 Å². The van der Waals surface area contributed by atoms with Gasteiger partial charge in [0.2, 0.25) is 0 Å². The van der Waals surface area contributed by atoms with Gasteiger partial charge in [-0.15, -0.1) is 0 Å². The van der Waals surface area contributed by atoms with E-state index in [1.807, 2.05) is 0 Å². The van der Waals surface area contributed by atoms with Gasteiger partial charge in [-0.05, 0) is 12.3 Å². The van der Waals surface area contributed by atoms with Gasteiger partial charge in [-0.1, -0.05) is 143 Å². The molecule has 2 nitrogen and oxygen atoms in total. The van der Waals surface area contributed by atoms with Gasteiger partial charge in [0.1, 0.15) is 0 Å². The molecular weight excluding hydrogens is 356 g/mol. The molecule has 0 amide bonds. The van der Waals surface area contributed by atoms with Crippen molar-refractivity contribution in [1.82, 2.24) is 0 Å². The molecule has 0 unspecified atom stereocenters. The van der Waals surface area contributed by atoms with Crippen molar-refractivity contribution < 1.29 is 9.53 Å². The monoisotopic (exact) mass is 410 g/mol. The van der Waals surface area contributed by atoms with E-state index in [4.69, 9.17) is 4.74 Å². The highest BCUT2D eigenvalue weighted by molar-refractivity contribution is 5.69. The lowest BCUT2D eigenvalue weighted by Crippen LogP contribution is -2.10. The number of unbranched alkanes of at least 4 members (excludes halogenated alkanes) is 17. The minimum absolute atomic E-state index is 0.0146. The van der Waals surface area contributed by atoms with Crippen molar-refractivity contribution in [3.63, 3.8) is 0 Å². The van der Waals surface area contributed by atoms with E-state index < -0.39 is 0 Å². The third-order valence-corrected chi connectivity index (χ3v) is 6.08. The average molecular weight is 411 g/mol. The minimum Gasteiger partial charge on any atom is -0.466 e. The van der Waals surface area contributed by atoms with Crippen molar-refractivity contribution >= 4 is 5.97 Å². The van der Waals surface area contributed by atoms with Gasteiger partial charge in [-0.2, -0.15) is 0 Å². The summed E-state index contributed by atoms with van der Waals surface area (Å²) in [6.07, 6.45) is 27.3. The first-order valence-corrected chi connectivity index (χ1v) is 13.4. The summed E-state index contributed by atoms with van der Waals surface area (Å²) in [5.74, 6) is 0.487. The lowest BCUT2D eigenvalue weighted by Gasteiger charge is -2.11. The molecule has 0 N–H and O–H groups in total. The number of carbonyl (C=O) groups is 1. The van der Waals surface area contributed by atoms with Gasteiger partial charge in [-0.25, -0.2) is 0 Å². The van der Waals surface area contributed by atoms with E-state index in [-0.39, 0.29) is 5.97 Å². The van der Waals surface area contributed by atoms with E-state index in [2.05, 4.69) is 20.8 Å². The quantitative estimate of drug-likeness (QED) is 0.124. The zero-order valence-electron chi connectivity index (χ0n) is 20.5. The van der Waals surface area contributed by atoms with Crippen LogP contribution in [0.5, 0.6) is 0 Å². The standard InChI is InChI=1S/C27H54O2/c1-4-6-8-10-11-12-13-14-15-16-17-18-20-22-24-29-27(28)25-26(3)23-21-19-9-7-5-2/h26H,4-25H2,1-3H3/t26-/m1/s1. The van der Waals surface area contributed by atoms with Gasteiger partial charge < -0.3 is 4.74 Å². The molecule has 0 rings (SSSR count). The van der Waals surface area contributed by atoms with E-state index in [0.717, 1.165) is 12.8 Å². The van der Waals surface area contributed by atoms with Gasteiger partial charge in [0.15, 0.2) is 0 Å². The zero-order chi connectivity index (χ0) is 21.4. The smallest absolute Gasteiger partial charge is 0.306 e. The summed E-state index contributed by atoms with van der Waals surface area (Å²) in [5.41, 5.74) is 0. The van der Waals surface area contributed by atoms with Crippen molar-refractivity contribution in [2.24, 2.45) is 5.92 Å². The zero-order valence-corrected chi connectivity index (χ0v) is 20.5. The Bertz CT molecular complexity index is 326. The normalized spacial score (nSPS) is 12.2.